The van der Waals surface area contributed by atoms with E-state index in [9.17, 15) is 4.79 Å². The summed E-state index contributed by atoms with van der Waals surface area (Å²) in [5, 5.41) is 0.461. The molecule has 0 aromatic carbocycles. The van der Waals surface area contributed by atoms with E-state index in [1.807, 2.05) is 23.1 Å². The Morgan fingerprint density at radius 1 is 1.43 bits per heavy atom. The third kappa shape index (κ3) is 2.67. The number of hydrogen-bond donors (Lipinski definition) is 0. The number of carbonyl (C=O) groups is 1. The highest BCUT2D eigenvalue weighted by atomic mass is 35.5. The molecule has 0 fully saturated rings. The predicted molar refractivity (Wildman–Crippen MR) is 93.1 cm³/mol. The van der Waals surface area contributed by atoms with Gasteiger partial charge in [0.2, 0.25) is 0 Å². The minimum atomic E-state index is -0.273. The van der Waals surface area contributed by atoms with Crippen LogP contribution in [-0.2, 0) is 10.3 Å². The van der Waals surface area contributed by atoms with Gasteiger partial charge in [-0.3, -0.25) is 4.79 Å². The van der Waals surface area contributed by atoms with Gasteiger partial charge in [-0.2, -0.15) is 0 Å². The molecule has 3 rings (SSSR count). The molecule has 0 N–H and O–H groups in total. The molecule has 1 amide bonds. The molecule has 122 valence electrons. The average Bonchev–Trinajstić information content (AvgIpc) is 3.07. The SMILES string of the molecule is CCC1(C)c2sc(-c3ccnc(Cl)c3)cc2C(=O)N1CCOC. The van der Waals surface area contributed by atoms with E-state index in [0.717, 1.165) is 27.3 Å². The van der Waals surface area contributed by atoms with Gasteiger partial charge in [-0.25, -0.2) is 4.98 Å². The number of aromatic nitrogens is 1. The maximum Gasteiger partial charge on any atom is 0.255 e. The fourth-order valence-corrected chi connectivity index (χ4v) is 4.57. The standard InChI is InChI=1S/C17H19ClN2O2S/c1-4-17(2)15-12(16(21)20(17)7-8-22-3)10-13(23-15)11-5-6-19-14(18)9-11/h5-6,9-10H,4,7-8H2,1-3H3. The van der Waals surface area contributed by atoms with Gasteiger partial charge in [-0.15, -0.1) is 11.3 Å². The number of amides is 1. The molecular formula is C17H19ClN2O2S. The van der Waals surface area contributed by atoms with Crippen molar-refractivity contribution in [3.63, 3.8) is 0 Å². The number of halogens is 1. The highest BCUT2D eigenvalue weighted by Crippen LogP contribution is 2.48. The first-order chi connectivity index (χ1) is 11.0. The Morgan fingerprint density at radius 2 is 2.22 bits per heavy atom. The second-order valence-electron chi connectivity index (χ2n) is 5.80. The van der Waals surface area contributed by atoms with Crippen LogP contribution >= 0.6 is 22.9 Å². The van der Waals surface area contributed by atoms with E-state index in [-0.39, 0.29) is 11.4 Å². The maximum atomic E-state index is 12.8. The lowest BCUT2D eigenvalue weighted by molar-refractivity contribution is 0.0476. The quantitative estimate of drug-likeness (QED) is 0.759. The van der Waals surface area contributed by atoms with Crippen molar-refractivity contribution in [2.24, 2.45) is 0 Å². The maximum absolute atomic E-state index is 12.8. The van der Waals surface area contributed by atoms with Gasteiger partial charge in [0.05, 0.1) is 17.7 Å². The fourth-order valence-electron chi connectivity index (χ4n) is 3.02. The van der Waals surface area contributed by atoms with Crippen molar-refractivity contribution in [2.75, 3.05) is 20.3 Å². The molecule has 1 unspecified atom stereocenters. The van der Waals surface area contributed by atoms with Crippen LogP contribution in [0.25, 0.3) is 10.4 Å². The van der Waals surface area contributed by atoms with Gasteiger partial charge in [-0.05, 0) is 37.1 Å². The molecular weight excluding hydrogens is 332 g/mol. The van der Waals surface area contributed by atoms with Gasteiger partial charge in [0.15, 0.2) is 0 Å². The molecule has 23 heavy (non-hydrogen) atoms. The third-order valence-electron chi connectivity index (χ3n) is 4.51. The Bertz CT molecular complexity index is 746. The smallest absolute Gasteiger partial charge is 0.255 e. The number of methoxy groups -OCH3 is 1. The number of thiophene rings is 1. The normalized spacial score (nSPS) is 20.2. The van der Waals surface area contributed by atoms with Crippen molar-refractivity contribution in [3.8, 4) is 10.4 Å². The summed E-state index contributed by atoms with van der Waals surface area (Å²) in [6.45, 7) is 5.40. The number of ether oxygens (including phenoxy) is 1. The lowest BCUT2D eigenvalue weighted by atomic mass is 9.97. The first-order valence-corrected chi connectivity index (χ1v) is 8.78. The lowest BCUT2D eigenvalue weighted by Gasteiger charge is -2.34. The Balaban J connectivity index is 2.02. The Morgan fingerprint density at radius 3 is 2.87 bits per heavy atom. The topological polar surface area (TPSA) is 42.4 Å². The van der Waals surface area contributed by atoms with Gasteiger partial charge in [-0.1, -0.05) is 18.5 Å². The van der Waals surface area contributed by atoms with Crippen LogP contribution < -0.4 is 0 Å². The second kappa shape index (κ2) is 6.23. The number of rotatable bonds is 5. The van der Waals surface area contributed by atoms with Gasteiger partial charge >= 0.3 is 0 Å². The molecule has 1 aliphatic heterocycles. The summed E-state index contributed by atoms with van der Waals surface area (Å²) in [5.41, 5.74) is 1.53. The summed E-state index contributed by atoms with van der Waals surface area (Å²) < 4.78 is 5.16. The van der Waals surface area contributed by atoms with Crippen LogP contribution in [0.1, 0.15) is 35.5 Å². The van der Waals surface area contributed by atoms with Crippen LogP contribution in [0.4, 0.5) is 0 Å². The van der Waals surface area contributed by atoms with E-state index in [2.05, 4.69) is 18.8 Å². The molecule has 0 aliphatic carbocycles. The van der Waals surface area contributed by atoms with Crippen LogP contribution in [0.5, 0.6) is 0 Å². The van der Waals surface area contributed by atoms with Crippen LogP contribution in [0, 0.1) is 0 Å². The molecule has 2 aromatic heterocycles. The van der Waals surface area contributed by atoms with Crippen molar-refractivity contribution in [3.05, 3.63) is 40.0 Å². The van der Waals surface area contributed by atoms with Gasteiger partial charge in [0, 0.05) is 29.6 Å². The van der Waals surface area contributed by atoms with E-state index < -0.39 is 0 Å². The van der Waals surface area contributed by atoms with E-state index in [1.54, 1.807) is 24.6 Å². The summed E-state index contributed by atoms with van der Waals surface area (Å²) >= 11 is 7.65. The molecule has 0 saturated heterocycles. The molecule has 3 heterocycles. The summed E-state index contributed by atoms with van der Waals surface area (Å²) in [4.78, 5) is 21.0. The predicted octanol–water partition coefficient (Wildman–Crippen LogP) is 4.19. The molecule has 0 bridgehead atoms. The van der Waals surface area contributed by atoms with Crippen LogP contribution in [0.2, 0.25) is 5.15 Å². The summed E-state index contributed by atoms with van der Waals surface area (Å²) in [7, 11) is 1.66. The van der Waals surface area contributed by atoms with E-state index in [1.165, 1.54) is 0 Å². The van der Waals surface area contributed by atoms with E-state index in [0.29, 0.717) is 18.3 Å². The number of pyridine rings is 1. The molecule has 0 radical (unpaired) electrons. The summed E-state index contributed by atoms with van der Waals surface area (Å²) in [6, 6.07) is 5.73. The van der Waals surface area contributed by atoms with E-state index in [4.69, 9.17) is 16.3 Å². The van der Waals surface area contributed by atoms with Gasteiger partial charge in [0.1, 0.15) is 5.15 Å². The minimum Gasteiger partial charge on any atom is -0.383 e. The monoisotopic (exact) mass is 350 g/mol. The van der Waals surface area contributed by atoms with Crippen molar-refractivity contribution < 1.29 is 9.53 Å². The van der Waals surface area contributed by atoms with Crippen molar-refractivity contribution in [1.82, 2.24) is 9.88 Å². The lowest BCUT2D eigenvalue weighted by Crippen LogP contribution is -2.42. The summed E-state index contributed by atoms with van der Waals surface area (Å²) in [5.74, 6) is 0.0871. The van der Waals surface area contributed by atoms with Crippen molar-refractivity contribution in [2.45, 2.75) is 25.8 Å². The Hall–Kier alpha value is -1.43. The molecule has 2 aromatic rings. The largest absolute Gasteiger partial charge is 0.383 e. The number of nitrogens with zero attached hydrogens (tertiary/aromatic N) is 2. The second-order valence-corrected chi connectivity index (χ2v) is 7.24. The van der Waals surface area contributed by atoms with Gasteiger partial charge in [0.25, 0.3) is 5.91 Å². The van der Waals surface area contributed by atoms with Crippen molar-refractivity contribution in [1.29, 1.82) is 0 Å². The van der Waals surface area contributed by atoms with Crippen LogP contribution in [-0.4, -0.2) is 36.1 Å². The highest BCUT2D eigenvalue weighted by Gasteiger charge is 2.46. The first-order valence-electron chi connectivity index (χ1n) is 7.58. The molecule has 6 heteroatoms. The summed E-state index contributed by atoms with van der Waals surface area (Å²) in [6.07, 6.45) is 2.56. The molecule has 1 aliphatic rings. The number of carbonyl (C=O) groups excluding carboxylic acids is 1. The molecule has 4 nitrogen and oxygen atoms in total. The number of hydrogen-bond acceptors (Lipinski definition) is 4. The van der Waals surface area contributed by atoms with E-state index >= 15 is 0 Å². The molecule has 0 saturated carbocycles. The first kappa shape index (κ1) is 16.4. The Kier molecular flexibility index (Phi) is 4.45. The van der Waals surface area contributed by atoms with Crippen LogP contribution in [0.3, 0.4) is 0 Å². The molecule has 0 spiro atoms. The van der Waals surface area contributed by atoms with Crippen LogP contribution in [0.15, 0.2) is 24.4 Å². The fraction of sp³-hybridized carbons (Fsp3) is 0.412. The zero-order valence-corrected chi connectivity index (χ0v) is 15.0. The zero-order valence-electron chi connectivity index (χ0n) is 13.4. The highest BCUT2D eigenvalue weighted by molar-refractivity contribution is 7.16. The van der Waals surface area contributed by atoms with Gasteiger partial charge < -0.3 is 9.64 Å². The molecule has 1 atom stereocenters. The van der Waals surface area contributed by atoms with Crippen molar-refractivity contribution >= 4 is 28.8 Å². The average molecular weight is 351 g/mol. The third-order valence-corrected chi connectivity index (χ3v) is 6.16. The zero-order chi connectivity index (χ0) is 16.6. The minimum absolute atomic E-state index is 0.0871. The number of fused-ring (bicyclic) bond motifs is 1. The Labute approximate surface area is 145 Å².